The summed E-state index contributed by atoms with van der Waals surface area (Å²) in [4.78, 5) is 9.02. The number of hydrogen-bond acceptors (Lipinski definition) is 5. The molecule has 0 bridgehead atoms. The minimum atomic E-state index is -4.40. The second kappa shape index (κ2) is 9.71. The van der Waals surface area contributed by atoms with Crippen LogP contribution >= 0.6 is 11.6 Å². The molecule has 196 valence electrons. The van der Waals surface area contributed by atoms with E-state index in [1.54, 1.807) is 6.07 Å². The van der Waals surface area contributed by atoms with Gasteiger partial charge in [-0.2, -0.15) is 18.2 Å². The van der Waals surface area contributed by atoms with Crippen LogP contribution < -0.4 is 4.90 Å². The molecule has 1 aromatic heterocycles. The van der Waals surface area contributed by atoms with Crippen molar-refractivity contribution in [1.29, 1.82) is 0 Å². The van der Waals surface area contributed by atoms with Crippen molar-refractivity contribution in [2.45, 2.75) is 64.1 Å². The van der Waals surface area contributed by atoms with Gasteiger partial charge in [0.25, 0.3) is 0 Å². The van der Waals surface area contributed by atoms with Crippen molar-refractivity contribution in [2.75, 3.05) is 18.0 Å². The summed E-state index contributed by atoms with van der Waals surface area (Å²) in [5, 5.41) is 4.78. The number of hydrogen-bond donors (Lipinski definition) is 0. The number of aromatic nitrogens is 2. The third kappa shape index (κ3) is 5.35. The maximum absolute atomic E-state index is 13.6. The number of benzene rings is 2. The van der Waals surface area contributed by atoms with Crippen LogP contribution in [0.1, 0.15) is 68.9 Å². The highest BCUT2D eigenvalue weighted by atomic mass is 35.5. The van der Waals surface area contributed by atoms with Gasteiger partial charge in [0.1, 0.15) is 5.82 Å². The molecule has 1 unspecified atom stereocenters. The Morgan fingerprint density at radius 3 is 2.38 bits per heavy atom. The number of alkyl halides is 3. The van der Waals surface area contributed by atoms with Gasteiger partial charge in [-0.05, 0) is 66.8 Å². The Morgan fingerprint density at radius 1 is 1.05 bits per heavy atom. The zero-order valence-electron chi connectivity index (χ0n) is 21.1. The maximum atomic E-state index is 13.6. The van der Waals surface area contributed by atoms with Gasteiger partial charge in [-0.3, -0.25) is 0 Å². The summed E-state index contributed by atoms with van der Waals surface area (Å²) < 4.78 is 46.2. The SMILES string of the molecule is CC(C)(C)c1nc(CCN2CC(c3cccc(C(F)(F)F)c3)N(c3ccc(Cl)cc3)C2=C2CCC2)no1. The van der Waals surface area contributed by atoms with Gasteiger partial charge in [-0.15, -0.1) is 0 Å². The Labute approximate surface area is 219 Å². The fourth-order valence-electron chi connectivity index (χ4n) is 4.82. The summed E-state index contributed by atoms with van der Waals surface area (Å²) in [6, 6.07) is 12.9. The van der Waals surface area contributed by atoms with Crippen molar-refractivity contribution in [3.05, 3.63) is 87.8 Å². The minimum absolute atomic E-state index is 0.238. The summed E-state index contributed by atoms with van der Waals surface area (Å²) in [5.41, 5.74) is 1.96. The van der Waals surface area contributed by atoms with E-state index in [9.17, 15) is 13.2 Å². The summed E-state index contributed by atoms with van der Waals surface area (Å²) in [7, 11) is 0. The van der Waals surface area contributed by atoms with E-state index in [1.807, 2.05) is 45.0 Å². The van der Waals surface area contributed by atoms with Gasteiger partial charge in [0.05, 0.1) is 11.6 Å². The van der Waals surface area contributed by atoms with Crippen LogP contribution in [-0.4, -0.2) is 28.1 Å². The van der Waals surface area contributed by atoms with Crippen LogP contribution in [0.2, 0.25) is 5.02 Å². The van der Waals surface area contributed by atoms with Crippen molar-refractivity contribution in [3.8, 4) is 0 Å². The zero-order valence-corrected chi connectivity index (χ0v) is 21.9. The highest BCUT2D eigenvalue weighted by molar-refractivity contribution is 6.30. The molecule has 0 radical (unpaired) electrons. The number of nitrogens with zero attached hydrogens (tertiary/aromatic N) is 4. The minimum Gasteiger partial charge on any atom is -0.355 e. The van der Waals surface area contributed by atoms with Crippen LogP contribution in [0.15, 0.2) is 64.4 Å². The average Bonchev–Trinajstić information content (AvgIpc) is 3.42. The standard InChI is InChI=1S/C28H30ClF3N4O/c1-27(2,3)26-33-24(34-37-26)14-15-35-17-23(19-8-5-9-20(16-19)28(30,31)32)36(25(35)18-6-4-7-18)22-12-10-21(29)11-13-22/h5,8-13,16,23H,4,6-7,14-15,17H2,1-3H3. The molecule has 1 saturated heterocycles. The summed E-state index contributed by atoms with van der Waals surface area (Å²) >= 11 is 6.17. The van der Waals surface area contributed by atoms with Crippen molar-refractivity contribution in [2.24, 2.45) is 0 Å². The van der Waals surface area contributed by atoms with E-state index in [0.717, 1.165) is 36.8 Å². The Hall–Kier alpha value is -3.00. The van der Waals surface area contributed by atoms with Crippen molar-refractivity contribution < 1.29 is 17.7 Å². The molecular weight excluding hydrogens is 501 g/mol. The maximum Gasteiger partial charge on any atom is 0.416 e. The lowest BCUT2D eigenvalue weighted by molar-refractivity contribution is -0.137. The average molecular weight is 531 g/mol. The van der Waals surface area contributed by atoms with E-state index in [1.165, 1.54) is 17.7 Å². The van der Waals surface area contributed by atoms with Gasteiger partial charge in [0, 0.05) is 35.6 Å². The highest BCUT2D eigenvalue weighted by Gasteiger charge is 2.40. The second-order valence-electron chi connectivity index (χ2n) is 10.7. The quantitative estimate of drug-likeness (QED) is 0.341. The number of rotatable bonds is 5. The zero-order chi connectivity index (χ0) is 26.4. The van der Waals surface area contributed by atoms with E-state index in [-0.39, 0.29) is 11.5 Å². The molecule has 9 heteroatoms. The predicted molar refractivity (Wildman–Crippen MR) is 137 cm³/mol. The predicted octanol–water partition coefficient (Wildman–Crippen LogP) is 7.54. The van der Waals surface area contributed by atoms with Gasteiger partial charge in [-0.25, -0.2) is 0 Å². The molecule has 5 nitrogen and oxygen atoms in total. The van der Waals surface area contributed by atoms with Gasteiger partial charge in [0.15, 0.2) is 5.82 Å². The second-order valence-corrected chi connectivity index (χ2v) is 11.2. The molecule has 2 aromatic carbocycles. The molecule has 2 heterocycles. The molecule has 1 aliphatic heterocycles. The van der Waals surface area contributed by atoms with Crippen molar-refractivity contribution >= 4 is 17.3 Å². The first-order valence-electron chi connectivity index (χ1n) is 12.5. The van der Waals surface area contributed by atoms with Crippen LogP contribution in [0.3, 0.4) is 0 Å². The van der Waals surface area contributed by atoms with Gasteiger partial charge < -0.3 is 14.3 Å². The van der Waals surface area contributed by atoms with Gasteiger partial charge in [0.2, 0.25) is 5.89 Å². The van der Waals surface area contributed by atoms with Crippen LogP contribution in [0.5, 0.6) is 0 Å². The molecule has 0 spiro atoms. The molecule has 1 atom stereocenters. The lowest BCUT2D eigenvalue weighted by Gasteiger charge is -2.33. The molecule has 0 amide bonds. The first-order valence-corrected chi connectivity index (χ1v) is 12.9. The lowest BCUT2D eigenvalue weighted by Crippen LogP contribution is -2.29. The monoisotopic (exact) mass is 530 g/mol. The third-order valence-electron chi connectivity index (χ3n) is 6.92. The molecule has 3 aromatic rings. The van der Waals surface area contributed by atoms with Gasteiger partial charge >= 0.3 is 6.18 Å². The normalized spacial score (nSPS) is 18.5. The topological polar surface area (TPSA) is 45.4 Å². The van der Waals surface area contributed by atoms with E-state index in [2.05, 4.69) is 19.9 Å². The Balaban J connectivity index is 1.51. The molecule has 0 N–H and O–H groups in total. The number of halogens is 4. The first kappa shape index (κ1) is 25.6. The number of anilines is 1. The van der Waals surface area contributed by atoms with Crippen LogP contribution in [0.4, 0.5) is 18.9 Å². The lowest BCUT2D eigenvalue weighted by atomic mass is 9.91. The summed E-state index contributed by atoms with van der Waals surface area (Å²) in [6.07, 6.45) is -0.781. The van der Waals surface area contributed by atoms with Crippen LogP contribution in [0, 0.1) is 0 Å². The molecule has 1 aliphatic carbocycles. The molecule has 37 heavy (non-hydrogen) atoms. The third-order valence-corrected chi connectivity index (χ3v) is 7.18. The van der Waals surface area contributed by atoms with Crippen molar-refractivity contribution in [3.63, 3.8) is 0 Å². The van der Waals surface area contributed by atoms with Crippen LogP contribution in [0.25, 0.3) is 0 Å². The molecular formula is C28H30ClF3N4O. The Bertz CT molecular complexity index is 1290. The molecule has 2 aliphatic rings. The smallest absolute Gasteiger partial charge is 0.355 e. The fourth-order valence-corrected chi connectivity index (χ4v) is 4.95. The Morgan fingerprint density at radius 2 is 1.78 bits per heavy atom. The fraction of sp³-hybridized carbons (Fsp3) is 0.429. The first-order chi connectivity index (χ1) is 17.5. The van der Waals surface area contributed by atoms with E-state index < -0.39 is 11.7 Å². The molecule has 1 saturated carbocycles. The van der Waals surface area contributed by atoms with Gasteiger partial charge in [-0.1, -0.05) is 49.7 Å². The molecule has 5 rings (SSSR count). The Kier molecular flexibility index (Phi) is 6.73. The highest BCUT2D eigenvalue weighted by Crippen LogP contribution is 2.45. The summed E-state index contributed by atoms with van der Waals surface area (Å²) in [5.74, 6) is 2.28. The van der Waals surface area contributed by atoms with Crippen LogP contribution in [-0.2, 0) is 18.0 Å². The van der Waals surface area contributed by atoms with E-state index >= 15 is 0 Å². The molecule has 2 fully saturated rings. The van der Waals surface area contributed by atoms with Crippen molar-refractivity contribution in [1.82, 2.24) is 15.0 Å². The summed E-state index contributed by atoms with van der Waals surface area (Å²) in [6.45, 7) is 7.24. The largest absolute Gasteiger partial charge is 0.416 e. The van der Waals surface area contributed by atoms with E-state index in [4.69, 9.17) is 16.1 Å². The van der Waals surface area contributed by atoms with E-state index in [0.29, 0.717) is 41.8 Å². The number of allylic oxidation sites excluding steroid dienone is 1.